The molecule has 4 aromatic heterocycles. The zero-order valence-electron chi connectivity index (χ0n) is 37.0. The van der Waals surface area contributed by atoms with Gasteiger partial charge in [0.25, 0.3) is 0 Å². The monoisotopic (exact) mass is 860 g/mol. The third kappa shape index (κ3) is 6.44. The molecule has 1 aliphatic rings. The molecule has 0 saturated heterocycles. The Hall–Kier alpha value is -8.61. The Morgan fingerprint density at radius 2 is 0.881 bits per heavy atom. The van der Waals surface area contributed by atoms with E-state index in [9.17, 15) is 0 Å². The molecule has 0 bridgehead atoms. The standard InChI is InChI=1S/C61H44N6/c1-40-18-2-4-20-44(40)45-21-5-3-19-41(45)34-35-42-38-59(66-55-30-14-8-24-48(55)49-25-9-15-31-56(49)66)64-61(62-42)52-37-36-43(65-53-28-12-6-22-46(53)47-23-7-13-29-54(47)65)39-60(63-52)67-57-32-16-10-26-50(57)51-27-11-17-33-58(51)67/h2-33,36,38-39H,34-35,37H2,1H3. The average molecular weight is 861 g/mol. The summed E-state index contributed by atoms with van der Waals surface area (Å²) in [7, 11) is 0. The number of para-hydroxylation sites is 6. The number of nitrogens with zero attached hydrogens (tertiary/aromatic N) is 6. The molecule has 0 amide bonds. The van der Waals surface area contributed by atoms with Crippen molar-refractivity contribution in [3.05, 3.63) is 235 Å². The summed E-state index contributed by atoms with van der Waals surface area (Å²) in [6.45, 7) is 2.19. The number of benzene rings is 8. The molecular weight excluding hydrogens is 817 g/mol. The number of aromatic nitrogens is 5. The Balaban J connectivity index is 1.04. The lowest BCUT2D eigenvalue weighted by Gasteiger charge is -2.15. The van der Waals surface area contributed by atoms with Crippen LogP contribution in [0.2, 0.25) is 0 Å². The predicted molar refractivity (Wildman–Crippen MR) is 279 cm³/mol. The molecular formula is C61H44N6. The normalized spacial score (nSPS) is 13.2. The Morgan fingerprint density at radius 1 is 0.433 bits per heavy atom. The van der Waals surface area contributed by atoms with E-state index in [-0.39, 0.29) is 0 Å². The van der Waals surface area contributed by atoms with Crippen molar-refractivity contribution in [1.29, 1.82) is 0 Å². The summed E-state index contributed by atoms with van der Waals surface area (Å²) >= 11 is 0. The Kier molecular flexibility index (Phi) is 9.17. The topological polar surface area (TPSA) is 52.9 Å². The smallest absolute Gasteiger partial charge is 0.176 e. The van der Waals surface area contributed by atoms with Crippen molar-refractivity contribution in [3.63, 3.8) is 0 Å². The number of hydrogen-bond donors (Lipinski definition) is 0. The molecule has 0 aliphatic carbocycles. The van der Waals surface area contributed by atoms with Gasteiger partial charge in [0.2, 0.25) is 0 Å². The van der Waals surface area contributed by atoms with Crippen LogP contribution in [0.15, 0.2) is 217 Å². The molecule has 0 fully saturated rings. The van der Waals surface area contributed by atoms with E-state index in [1.165, 1.54) is 54.6 Å². The van der Waals surface area contributed by atoms with E-state index in [4.69, 9.17) is 15.0 Å². The largest absolute Gasteiger partial charge is 0.309 e. The highest BCUT2D eigenvalue weighted by Gasteiger charge is 2.23. The highest BCUT2D eigenvalue weighted by atomic mass is 15.1. The van der Waals surface area contributed by atoms with E-state index in [1.54, 1.807) is 0 Å². The second kappa shape index (κ2) is 15.8. The Bertz CT molecular complexity index is 3880. The summed E-state index contributed by atoms with van der Waals surface area (Å²) in [5.41, 5.74) is 14.6. The van der Waals surface area contributed by atoms with Crippen LogP contribution in [-0.2, 0) is 12.8 Å². The van der Waals surface area contributed by atoms with Crippen molar-refractivity contribution in [1.82, 2.24) is 23.7 Å². The number of aryl methyl sites for hydroxylation is 3. The maximum Gasteiger partial charge on any atom is 0.176 e. The van der Waals surface area contributed by atoms with Crippen LogP contribution in [0.4, 0.5) is 0 Å². The van der Waals surface area contributed by atoms with Crippen molar-refractivity contribution in [3.8, 4) is 16.9 Å². The molecule has 8 aromatic carbocycles. The van der Waals surface area contributed by atoms with E-state index in [0.29, 0.717) is 18.7 Å². The maximum absolute atomic E-state index is 5.72. The van der Waals surface area contributed by atoms with Crippen molar-refractivity contribution in [2.75, 3.05) is 0 Å². The Labute approximate surface area is 387 Å². The average Bonchev–Trinajstić information content (AvgIpc) is 3.96. The zero-order valence-corrected chi connectivity index (χ0v) is 37.0. The van der Waals surface area contributed by atoms with Crippen LogP contribution in [0.25, 0.3) is 93.9 Å². The van der Waals surface area contributed by atoms with Crippen LogP contribution in [0, 0.1) is 6.92 Å². The summed E-state index contributed by atoms with van der Waals surface area (Å²) in [5.74, 6) is 2.25. The fraction of sp³-hybridized carbons (Fsp3) is 0.0656. The van der Waals surface area contributed by atoms with Crippen LogP contribution >= 0.6 is 0 Å². The van der Waals surface area contributed by atoms with Gasteiger partial charge in [-0.25, -0.2) is 15.0 Å². The molecule has 12 aromatic rings. The van der Waals surface area contributed by atoms with E-state index in [0.717, 1.165) is 68.3 Å². The van der Waals surface area contributed by atoms with Crippen LogP contribution in [0.3, 0.4) is 0 Å². The van der Waals surface area contributed by atoms with E-state index >= 15 is 0 Å². The van der Waals surface area contributed by atoms with Gasteiger partial charge in [-0.3, -0.25) is 9.13 Å². The molecule has 318 valence electrons. The number of aliphatic imine (C=N–C) groups is 1. The lowest BCUT2D eigenvalue weighted by Crippen LogP contribution is -2.13. The second-order valence-electron chi connectivity index (χ2n) is 17.5. The van der Waals surface area contributed by atoms with Gasteiger partial charge in [-0.1, -0.05) is 164 Å². The van der Waals surface area contributed by atoms with Gasteiger partial charge in [0.1, 0.15) is 11.6 Å². The van der Waals surface area contributed by atoms with Crippen LogP contribution in [-0.4, -0.2) is 29.4 Å². The lowest BCUT2D eigenvalue weighted by atomic mass is 9.93. The number of fused-ring (bicyclic) bond motifs is 9. The first-order chi connectivity index (χ1) is 33.2. The molecule has 67 heavy (non-hydrogen) atoms. The van der Waals surface area contributed by atoms with Gasteiger partial charge in [-0.15, -0.1) is 0 Å². The quantitative estimate of drug-likeness (QED) is 0.153. The van der Waals surface area contributed by atoms with Gasteiger partial charge in [0.05, 0.1) is 38.8 Å². The minimum atomic E-state index is 0.513. The molecule has 0 saturated carbocycles. The third-order valence-electron chi connectivity index (χ3n) is 13.6. The SMILES string of the molecule is Cc1ccccc1-c1ccccc1CCc1cc(-n2c3ccccc3c3ccccc32)nc(C2=NC(n3c4ccccc4c4ccccc43)=CC(n3c4ccccc4c4ccccc43)=CC2)n1. The molecule has 0 unspecified atom stereocenters. The first kappa shape index (κ1) is 38.8. The van der Waals surface area contributed by atoms with E-state index in [2.05, 4.69) is 233 Å². The molecule has 6 nitrogen and oxygen atoms in total. The van der Waals surface area contributed by atoms with Crippen LogP contribution in [0.1, 0.15) is 29.1 Å². The van der Waals surface area contributed by atoms with Crippen molar-refractivity contribution in [2.45, 2.75) is 26.2 Å². The van der Waals surface area contributed by atoms with Crippen molar-refractivity contribution in [2.24, 2.45) is 4.99 Å². The fourth-order valence-electron chi connectivity index (χ4n) is 10.6. The molecule has 0 spiro atoms. The highest BCUT2D eigenvalue weighted by Crippen LogP contribution is 2.38. The summed E-state index contributed by atoms with van der Waals surface area (Å²) in [5, 5.41) is 7.17. The minimum Gasteiger partial charge on any atom is -0.309 e. The van der Waals surface area contributed by atoms with Crippen LogP contribution in [0.5, 0.6) is 0 Å². The van der Waals surface area contributed by atoms with Gasteiger partial charge < -0.3 is 4.57 Å². The zero-order chi connectivity index (χ0) is 44.4. The van der Waals surface area contributed by atoms with Gasteiger partial charge >= 0.3 is 0 Å². The van der Waals surface area contributed by atoms with Crippen molar-refractivity contribution < 1.29 is 0 Å². The first-order valence-corrected chi connectivity index (χ1v) is 23.1. The molecule has 0 N–H and O–H groups in total. The van der Waals surface area contributed by atoms with Crippen LogP contribution < -0.4 is 0 Å². The molecule has 6 heteroatoms. The summed E-state index contributed by atoms with van der Waals surface area (Å²) in [4.78, 5) is 16.8. The first-order valence-electron chi connectivity index (χ1n) is 23.1. The molecule has 13 rings (SSSR count). The summed E-state index contributed by atoms with van der Waals surface area (Å²) < 4.78 is 7.02. The lowest BCUT2D eigenvalue weighted by molar-refractivity contribution is 0.881. The van der Waals surface area contributed by atoms with Gasteiger partial charge in [0, 0.05) is 62.3 Å². The highest BCUT2D eigenvalue weighted by molar-refractivity contribution is 6.14. The van der Waals surface area contributed by atoms with Crippen molar-refractivity contribution >= 4 is 82.6 Å². The predicted octanol–water partition coefficient (Wildman–Crippen LogP) is 14.8. The molecule has 1 aliphatic heterocycles. The van der Waals surface area contributed by atoms with Gasteiger partial charge in [-0.05, 0) is 78.4 Å². The van der Waals surface area contributed by atoms with Gasteiger partial charge in [-0.2, -0.15) is 0 Å². The van der Waals surface area contributed by atoms with E-state index < -0.39 is 0 Å². The maximum atomic E-state index is 5.72. The number of allylic oxidation sites excluding steroid dienone is 3. The fourth-order valence-corrected chi connectivity index (χ4v) is 10.6. The minimum absolute atomic E-state index is 0.513. The molecule has 0 radical (unpaired) electrons. The number of rotatable bonds is 8. The summed E-state index contributed by atoms with van der Waals surface area (Å²) in [6.07, 6.45) is 6.61. The van der Waals surface area contributed by atoms with E-state index in [1.807, 2.05) is 0 Å². The third-order valence-corrected chi connectivity index (χ3v) is 13.6. The number of hydrogen-bond acceptors (Lipinski definition) is 3. The summed E-state index contributed by atoms with van der Waals surface area (Å²) in [6, 6.07) is 71.6. The molecule has 0 atom stereocenters. The second-order valence-corrected chi connectivity index (χ2v) is 17.5. The Morgan fingerprint density at radius 3 is 1.42 bits per heavy atom. The molecule has 5 heterocycles. The van der Waals surface area contributed by atoms with Gasteiger partial charge in [0.15, 0.2) is 5.82 Å².